The van der Waals surface area contributed by atoms with Crippen molar-refractivity contribution in [3.8, 4) is 0 Å². The fourth-order valence-electron chi connectivity index (χ4n) is 2.89. The molecule has 0 amide bonds. The second-order valence-electron chi connectivity index (χ2n) is 6.23. The second-order valence-corrected chi connectivity index (χ2v) is 6.23. The van der Waals surface area contributed by atoms with Crippen LogP contribution in [0.15, 0.2) is 18.2 Å². The Kier molecular flexibility index (Phi) is 5.41. The molecule has 1 saturated heterocycles. The van der Waals surface area contributed by atoms with Crippen LogP contribution >= 0.6 is 0 Å². The van der Waals surface area contributed by atoms with Crippen LogP contribution in [-0.2, 0) is 6.54 Å². The molecule has 0 aromatic heterocycles. The molecule has 1 aromatic rings. The van der Waals surface area contributed by atoms with E-state index < -0.39 is 0 Å². The summed E-state index contributed by atoms with van der Waals surface area (Å²) in [5.74, 6) is 1.32. The van der Waals surface area contributed by atoms with E-state index in [0.29, 0.717) is 5.92 Å². The summed E-state index contributed by atoms with van der Waals surface area (Å²) in [5.41, 5.74) is 2.09. The number of halogens is 1. The lowest BCUT2D eigenvalue weighted by Gasteiger charge is -2.21. The van der Waals surface area contributed by atoms with E-state index in [1.165, 1.54) is 6.42 Å². The van der Waals surface area contributed by atoms with Crippen LogP contribution in [-0.4, -0.2) is 19.6 Å². The predicted octanol–water partition coefficient (Wildman–Crippen LogP) is 3.81. The molecule has 1 N–H and O–H groups in total. The maximum atomic E-state index is 13.8. The van der Waals surface area contributed by atoms with Gasteiger partial charge >= 0.3 is 0 Å². The van der Waals surface area contributed by atoms with Gasteiger partial charge in [-0.05, 0) is 55.0 Å². The van der Waals surface area contributed by atoms with E-state index in [1.54, 1.807) is 12.1 Å². The maximum Gasteiger partial charge on any atom is 0.125 e. The van der Waals surface area contributed by atoms with Crippen molar-refractivity contribution in [2.24, 2.45) is 11.8 Å². The number of anilines is 1. The molecule has 1 atom stereocenters. The zero-order valence-electron chi connectivity index (χ0n) is 13.0. The minimum Gasteiger partial charge on any atom is -0.371 e. The lowest BCUT2D eigenvalue weighted by Crippen LogP contribution is -2.22. The normalized spacial score (nSPS) is 19.1. The van der Waals surface area contributed by atoms with Crippen molar-refractivity contribution in [3.05, 3.63) is 29.6 Å². The monoisotopic (exact) mass is 278 g/mol. The highest BCUT2D eigenvalue weighted by Gasteiger charge is 2.25. The molecule has 0 bridgehead atoms. The van der Waals surface area contributed by atoms with Crippen molar-refractivity contribution in [3.63, 3.8) is 0 Å². The highest BCUT2D eigenvalue weighted by Crippen LogP contribution is 2.29. The van der Waals surface area contributed by atoms with E-state index in [1.807, 2.05) is 0 Å². The van der Waals surface area contributed by atoms with Crippen LogP contribution in [0.25, 0.3) is 0 Å². The molecule has 2 rings (SSSR count). The third-order valence-electron chi connectivity index (χ3n) is 4.23. The summed E-state index contributed by atoms with van der Waals surface area (Å²) in [6.45, 7) is 10.5. The van der Waals surface area contributed by atoms with E-state index in [0.717, 1.165) is 49.8 Å². The van der Waals surface area contributed by atoms with Gasteiger partial charge in [0.2, 0.25) is 0 Å². The largest absolute Gasteiger partial charge is 0.371 e. The molecule has 1 fully saturated rings. The molecule has 2 nitrogen and oxygen atoms in total. The van der Waals surface area contributed by atoms with Gasteiger partial charge in [0, 0.05) is 25.3 Å². The first-order valence-electron chi connectivity index (χ1n) is 7.85. The Labute approximate surface area is 122 Å². The SMILES string of the molecule is CCCNCc1cc(F)cc(N2CCC(C(C)C)C2)c1. The zero-order valence-corrected chi connectivity index (χ0v) is 13.0. The van der Waals surface area contributed by atoms with Gasteiger partial charge in [-0.3, -0.25) is 0 Å². The highest BCUT2D eigenvalue weighted by molar-refractivity contribution is 5.50. The first-order chi connectivity index (χ1) is 9.60. The molecule has 3 heteroatoms. The summed E-state index contributed by atoms with van der Waals surface area (Å²) >= 11 is 0. The van der Waals surface area contributed by atoms with Gasteiger partial charge in [0.15, 0.2) is 0 Å². The number of nitrogens with zero attached hydrogens (tertiary/aromatic N) is 1. The second kappa shape index (κ2) is 7.07. The van der Waals surface area contributed by atoms with Crippen LogP contribution in [0.5, 0.6) is 0 Å². The summed E-state index contributed by atoms with van der Waals surface area (Å²) in [6, 6.07) is 5.45. The first-order valence-corrected chi connectivity index (χ1v) is 7.85. The van der Waals surface area contributed by atoms with Crippen molar-refractivity contribution in [1.82, 2.24) is 5.32 Å². The van der Waals surface area contributed by atoms with Gasteiger partial charge in [0.05, 0.1) is 0 Å². The molecule has 1 aromatic carbocycles. The molecule has 20 heavy (non-hydrogen) atoms. The van der Waals surface area contributed by atoms with E-state index in [4.69, 9.17) is 0 Å². The van der Waals surface area contributed by atoms with Gasteiger partial charge < -0.3 is 10.2 Å². The highest BCUT2D eigenvalue weighted by atomic mass is 19.1. The summed E-state index contributed by atoms with van der Waals surface area (Å²) in [7, 11) is 0. The van der Waals surface area contributed by atoms with Crippen molar-refractivity contribution < 1.29 is 4.39 Å². The number of hydrogen-bond acceptors (Lipinski definition) is 2. The Balaban J connectivity index is 2.04. The molecule has 0 spiro atoms. The Morgan fingerprint density at radius 1 is 1.35 bits per heavy atom. The van der Waals surface area contributed by atoms with Crippen LogP contribution in [0.1, 0.15) is 39.2 Å². The molecule has 1 heterocycles. The summed E-state index contributed by atoms with van der Waals surface area (Å²) < 4.78 is 13.8. The summed E-state index contributed by atoms with van der Waals surface area (Å²) in [5, 5.41) is 3.34. The molecule has 0 radical (unpaired) electrons. The smallest absolute Gasteiger partial charge is 0.125 e. The molecule has 1 aliphatic rings. The number of benzene rings is 1. The average Bonchev–Trinajstić information content (AvgIpc) is 2.88. The van der Waals surface area contributed by atoms with Gasteiger partial charge in [0.25, 0.3) is 0 Å². The maximum absolute atomic E-state index is 13.8. The van der Waals surface area contributed by atoms with Gasteiger partial charge in [0.1, 0.15) is 5.82 Å². The quantitative estimate of drug-likeness (QED) is 0.796. The Bertz CT molecular complexity index is 431. The van der Waals surface area contributed by atoms with Gasteiger partial charge in [-0.2, -0.15) is 0 Å². The van der Waals surface area contributed by atoms with Crippen LogP contribution in [0.3, 0.4) is 0 Å². The van der Waals surface area contributed by atoms with Gasteiger partial charge in [-0.15, -0.1) is 0 Å². The minimum atomic E-state index is -0.121. The third-order valence-corrected chi connectivity index (χ3v) is 4.23. The van der Waals surface area contributed by atoms with E-state index in [2.05, 4.69) is 37.1 Å². The summed E-state index contributed by atoms with van der Waals surface area (Å²) in [4.78, 5) is 2.33. The molecular weight excluding hydrogens is 251 g/mol. The van der Waals surface area contributed by atoms with Crippen LogP contribution < -0.4 is 10.2 Å². The lowest BCUT2D eigenvalue weighted by molar-refractivity contribution is 0.422. The van der Waals surface area contributed by atoms with Crippen molar-refractivity contribution in [2.45, 2.75) is 40.2 Å². The third kappa shape index (κ3) is 3.95. The van der Waals surface area contributed by atoms with Gasteiger partial charge in [-0.25, -0.2) is 4.39 Å². The zero-order chi connectivity index (χ0) is 14.5. The predicted molar refractivity (Wildman–Crippen MR) is 83.6 cm³/mol. The van der Waals surface area contributed by atoms with E-state index >= 15 is 0 Å². The fraction of sp³-hybridized carbons (Fsp3) is 0.647. The van der Waals surface area contributed by atoms with Crippen molar-refractivity contribution in [1.29, 1.82) is 0 Å². The molecule has 0 aliphatic carbocycles. The molecular formula is C17H27FN2. The van der Waals surface area contributed by atoms with Crippen LogP contribution in [0.2, 0.25) is 0 Å². The van der Waals surface area contributed by atoms with E-state index in [-0.39, 0.29) is 5.82 Å². The lowest BCUT2D eigenvalue weighted by atomic mass is 9.95. The Morgan fingerprint density at radius 3 is 2.80 bits per heavy atom. The Hall–Kier alpha value is -1.09. The average molecular weight is 278 g/mol. The Morgan fingerprint density at radius 2 is 2.15 bits per heavy atom. The fourth-order valence-corrected chi connectivity index (χ4v) is 2.89. The number of nitrogens with one attached hydrogen (secondary N) is 1. The van der Waals surface area contributed by atoms with Crippen molar-refractivity contribution in [2.75, 3.05) is 24.5 Å². The standard InChI is InChI=1S/C17H27FN2/c1-4-6-19-11-14-8-16(18)10-17(9-14)20-7-5-15(12-20)13(2)3/h8-10,13,15,19H,4-7,11-12H2,1-3H3. The molecule has 1 aliphatic heterocycles. The van der Waals surface area contributed by atoms with Crippen LogP contribution in [0.4, 0.5) is 10.1 Å². The molecule has 112 valence electrons. The molecule has 0 saturated carbocycles. The minimum absolute atomic E-state index is 0.121. The number of hydrogen-bond donors (Lipinski definition) is 1. The van der Waals surface area contributed by atoms with Crippen LogP contribution in [0, 0.1) is 17.7 Å². The first kappa shape index (κ1) is 15.3. The molecule has 1 unspecified atom stereocenters. The topological polar surface area (TPSA) is 15.3 Å². The van der Waals surface area contributed by atoms with E-state index in [9.17, 15) is 4.39 Å². The number of rotatable bonds is 6. The summed E-state index contributed by atoms with van der Waals surface area (Å²) in [6.07, 6.45) is 2.32. The van der Waals surface area contributed by atoms with Gasteiger partial charge in [-0.1, -0.05) is 20.8 Å². The van der Waals surface area contributed by atoms with Crippen molar-refractivity contribution >= 4 is 5.69 Å².